The van der Waals surface area contributed by atoms with Crippen LogP contribution in [0.15, 0.2) is 164 Å². The van der Waals surface area contributed by atoms with Crippen molar-refractivity contribution < 1.29 is 0 Å². The van der Waals surface area contributed by atoms with Gasteiger partial charge in [-0.1, -0.05) is 151 Å². The standard InChI is InChI=1S/C57H45NS/c1-55(2)46-24-13-10-19-37(46)39-28-27-35(30-48(39)55)58(34-17-8-7-9-18-34)36-29-44(42-23-16-22-41-40-21-12-15-26-52(40)59-54(41)42)53-45-33-49-43(32-50(45)57(5,6)51(53)31-36)38-20-11-14-25-47(38)56(49,3)4/h7-33H,1-6H3. The molecule has 0 aliphatic heterocycles. The number of benzene rings is 8. The Morgan fingerprint density at radius 2 is 0.881 bits per heavy atom. The molecular weight excluding hydrogens is 731 g/mol. The van der Waals surface area contributed by atoms with Gasteiger partial charge in [0.25, 0.3) is 0 Å². The largest absolute Gasteiger partial charge is 0.310 e. The van der Waals surface area contributed by atoms with Crippen molar-refractivity contribution in [1.82, 2.24) is 0 Å². The van der Waals surface area contributed by atoms with Gasteiger partial charge in [-0.15, -0.1) is 11.3 Å². The third-order valence-electron chi connectivity index (χ3n) is 14.3. The average Bonchev–Trinajstić information content (AvgIpc) is 3.89. The van der Waals surface area contributed by atoms with Crippen LogP contribution in [0.3, 0.4) is 0 Å². The molecule has 9 aromatic rings. The Balaban J connectivity index is 1.15. The van der Waals surface area contributed by atoms with Gasteiger partial charge in [-0.05, 0) is 127 Å². The fourth-order valence-electron chi connectivity index (χ4n) is 11.2. The van der Waals surface area contributed by atoms with Crippen LogP contribution in [-0.2, 0) is 16.2 Å². The van der Waals surface area contributed by atoms with Crippen molar-refractivity contribution in [3.63, 3.8) is 0 Å². The molecule has 0 saturated heterocycles. The van der Waals surface area contributed by atoms with Crippen LogP contribution in [0, 0.1) is 0 Å². The van der Waals surface area contributed by atoms with Crippen LogP contribution in [0.2, 0.25) is 0 Å². The minimum atomic E-state index is -0.246. The van der Waals surface area contributed by atoms with Gasteiger partial charge in [-0.3, -0.25) is 0 Å². The van der Waals surface area contributed by atoms with Crippen molar-refractivity contribution in [3.8, 4) is 44.5 Å². The van der Waals surface area contributed by atoms with Crippen LogP contribution in [0.5, 0.6) is 0 Å². The first-order valence-corrected chi connectivity index (χ1v) is 21.8. The maximum absolute atomic E-state index is 2.57. The number of thiophene rings is 1. The molecule has 0 radical (unpaired) electrons. The summed E-state index contributed by atoms with van der Waals surface area (Å²) in [4.78, 5) is 2.51. The van der Waals surface area contributed by atoms with Crippen LogP contribution < -0.4 is 4.90 Å². The first kappa shape index (κ1) is 34.8. The lowest BCUT2D eigenvalue weighted by molar-refractivity contribution is 0.652. The molecule has 0 spiro atoms. The number of nitrogens with zero attached hydrogens (tertiary/aromatic N) is 1. The molecule has 0 amide bonds. The zero-order chi connectivity index (χ0) is 40.0. The molecule has 0 N–H and O–H groups in total. The Hall–Kier alpha value is -6.22. The molecule has 0 fully saturated rings. The van der Waals surface area contributed by atoms with Gasteiger partial charge < -0.3 is 4.90 Å². The molecular formula is C57H45NS. The van der Waals surface area contributed by atoms with E-state index in [9.17, 15) is 0 Å². The number of para-hydroxylation sites is 1. The summed E-state index contributed by atoms with van der Waals surface area (Å²) in [6.45, 7) is 14.5. The second kappa shape index (κ2) is 11.9. The molecule has 2 heteroatoms. The Labute approximate surface area is 351 Å². The summed E-state index contributed by atoms with van der Waals surface area (Å²) >= 11 is 1.92. The van der Waals surface area contributed by atoms with Crippen LogP contribution in [0.1, 0.15) is 74.9 Å². The van der Waals surface area contributed by atoms with Crippen LogP contribution >= 0.6 is 11.3 Å². The number of rotatable bonds is 4. The molecule has 0 saturated carbocycles. The normalized spacial score (nSPS) is 15.7. The molecule has 0 unspecified atom stereocenters. The quantitative estimate of drug-likeness (QED) is 0.172. The van der Waals surface area contributed by atoms with Crippen molar-refractivity contribution in [2.45, 2.75) is 57.8 Å². The second-order valence-electron chi connectivity index (χ2n) is 18.5. The Bertz CT molecular complexity index is 3250. The summed E-state index contributed by atoms with van der Waals surface area (Å²) in [7, 11) is 0. The molecule has 8 aromatic carbocycles. The fourth-order valence-corrected chi connectivity index (χ4v) is 12.4. The van der Waals surface area contributed by atoms with Crippen molar-refractivity contribution in [1.29, 1.82) is 0 Å². The van der Waals surface area contributed by atoms with Crippen molar-refractivity contribution >= 4 is 48.6 Å². The topological polar surface area (TPSA) is 3.24 Å². The van der Waals surface area contributed by atoms with E-state index < -0.39 is 0 Å². The van der Waals surface area contributed by atoms with Gasteiger partial charge in [0.05, 0.1) is 0 Å². The zero-order valence-corrected chi connectivity index (χ0v) is 35.3. The number of hydrogen-bond donors (Lipinski definition) is 0. The van der Waals surface area contributed by atoms with Gasteiger partial charge in [-0.25, -0.2) is 0 Å². The maximum atomic E-state index is 2.57. The van der Waals surface area contributed by atoms with Crippen LogP contribution in [0.25, 0.3) is 64.7 Å². The van der Waals surface area contributed by atoms with E-state index in [1.165, 1.54) is 109 Å². The molecule has 3 aliphatic rings. The summed E-state index contributed by atoms with van der Waals surface area (Å²) < 4.78 is 2.67. The molecule has 1 aromatic heterocycles. The van der Waals surface area contributed by atoms with Crippen LogP contribution in [0.4, 0.5) is 17.1 Å². The monoisotopic (exact) mass is 775 g/mol. The van der Waals surface area contributed by atoms with E-state index in [4.69, 9.17) is 0 Å². The molecule has 3 aliphatic carbocycles. The van der Waals surface area contributed by atoms with E-state index in [0.717, 1.165) is 5.69 Å². The highest BCUT2D eigenvalue weighted by Gasteiger charge is 2.43. The van der Waals surface area contributed by atoms with E-state index in [1.54, 1.807) is 0 Å². The Morgan fingerprint density at radius 3 is 1.64 bits per heavy atom. The van der Waals surface area contributed by atoms with E-state index in [-0.39, 0.29) is 16.2 Å². The van der Waals surface area contributed by atoms with Gasteiger partial charge in [0.1, 0.15) is 0 Å². The smallest absolute Gasteiger partial charge is 0.0471 e. The predicted molar refractivity (Wildman–Crippen MR) is 252 cm³/mol. The van der Waals surface area contributed by atoms with Crippen molar-refractivity contribution in [3.05, 3.63) is 197 Å². The van der Waals surface area contributed by atoms with Gasteiger partial charge >= 0.3 is 0 Å². The molecule has 0 atom stereocenters. The highest BCUT2D eigenvalue weighted by molar-refractivity contribution is 7.26. The SMILES string of the molecule is CC1(C)c2ccccc2-c2ccc(N(c3ccccc3)c3cc(-c4cccc5c4sc4ccccc45)c4c(c3)C(C)(C)c3cc5c(cc3-4)C(C)(C)c3ccccc3-5)cc21. The summed E-state index contributed by atoms with van der Waals surface area (Å²) in [5.41, 5.74) is 22.2. The number of fused-ring (bicyclic) bond motifs is 12. The van der Waals surface area contributed by atoms with Gasteiger partial charge in [-0.2, -0.15) is 0 Å². The summed E-state index contributed by atoms with van der Waals surface area (Å²) in [5, 5.41) is 2.65. The van der Waals surface area contributed by atoms with Crippen molar-refractivity contribution in [2.75, 3.05) is 4.90 Å². The molecule has 1 heterocycles. The molecule has 12 rings (SSSR count). The lowest BCUT2D eigenvalue weighted by Gasteiger charge is -2.30. The van der Waals surface area contributed by atoms with Crippen molar-refractivity contribution in [2.24, 2.45) is 0 Å². The lowest BCUT2D eigenvalue weighted by Crippen LogP contribution is -2.18. The highest BCUT2D eigenvalue weighted by atomic mass is 32.1. The second-order valence-corrected chi connectivity index (χ2v) is 19.6. The number of anilines is 3. The molecule has 1 nitrogen and oxygen atoms in total. The average molecular weight is 776 g/mol. The Kier molecular flexibility index (Phi) is 7.04. The molecule has 59 heavy (non-hydrogen) atoms. The Morgan fingerprint density at radius 1 is 0.339 bits per heavy atom. The highest BCUT2D eigenvalue weighted by Crippen LogP contribution is 2.60. The number of hydrogen-bond acceptors (Lipinski definition) is 2. The van der Waals surface area contributed by atoms with Crippen LogP contribution in [-0.4, -0.2) is 0 Å². The molecule has 284 valence electrons. The van der Waals surface area contributed by atoms with Gasteiger partial charge in [0.2, 0.25) is 0 Å². The lowest BCUT2D eigenvalue weighted by atomic mass is 9.79. The maximum Gasteiger partial charge on any atom is 0.0471 e. The third kappa shape index (κ3) is 4.67. The molecule has 0 bridgehead atoms. The van der Waals surface area contributed by atoms with Gasteiger partial charge in [0.15, 0.2) is 0 Å². The predicted octanol–water partition coefficient (Wildman–Crippen LogP) is 16.1. The third-order valence-corrected chi connectivity index (χ3v) is 15.5. The fraction of sp³-hybridized carbons (Fsp3) is 0.158. The van der Waals surface area contributed by atoms with E-state index >= 15 is 0 Å². The minimum absolute atomic E-state index is 0.0927. The van der Waals surface area contributed by atoms with E-state index in [2.05, 4.69) is 210 Å². The first-order chi connectivity index (χ1) is 28.5. The van der Waals surface area contributed by atoms with E-state index in [0.29, 0.717) is 0 Å². The summed E-state index contributed by atoms with van der Waals surface area (Å²) in [5.74, 6) is 0. The summed E-state index contributed by atoms with van der Waals surface area (Å²) in [6, 6.07) is 62.2. The minimum Gasteiger partial charge on any atom is -0.310 e. The first-order valence-electron chi connectivity index (χ1n) is 21.0. The van der Waals surface area contributed by atoms with Gasteiger partial charge in [0, 0.05) is 59.0 Å². The zero-order valence-electron chi connectivity index (χ0n) is 34.4. The van der Waals surface area contributed by atoms with E-state index in [1.807, 2.05) is 11.3 Å². The summed E-state index contributed by atoms with van der Waals surface area (Å²) in [6.07, 6.45) is 0.